The summed E-state index contributed by atoms with van der Waals surface area (Å²) < 4.78 is 11.9. The van der Waals surface area contributed by atoms with Crippen LogP contribution in [0.2, 0.25) is 0 Å². The summed E-state index contributed by atoms with van der Waals surface area (Å²) in [4.78, 5) is 5.68. The number of nitrogens with zero attached hydrogens (tertiary/aromatic N) is 1. The van der Waals surface area contributed by atoms with E-state index in [9.17, 15) is 0 Å². The first kappa shape index (κ1) is 17.9. The lowest BCUT2D eigenvalue weighted by Gasteiger charge is -2.12. The Morgan fingerprint density at radius 3 is 2.68 bits per heavy atom. The van der Waals surface area contributed by atoms with Crippen molar-refractivity contribution in [2.75, 3.05) is 14.2 Å². The summed E-state index contributed by atoms with van der Waals surface area (Å²) in [7, 11) is 3.31. The maximum atomic E-state index is 5.46. The summed E-state index contributed by atoms with van der Waals surface area (Å²) in [5, 5.41) is 4.48. The SMILES string of the molecule is COc1cccc(CNCc2ncc(-c3cccc(Br)c3)s2)c1OC. The Bertz CT molecular complexity index is 851. The molecule has 25 heavy (non-hydrogen) atoms. The average molecular weight is 419 g/mol. The van der Waals surface area contributed by atoms with Gasteiger partial charge in [0.1, 0.15) is 5.01 Å². The van der Waals surface area contributed by atoms with Gasteiger partial charge in [-0.25, -0.2) is 4.98 Å². The van der Waals surface area contributed by atoms with Crippen LogP contribution in [0.1, 0.15) is 10.6 Å². The molecule has 0 saturated carbocycles. The van der Waals surface area contributed by atoms with Crippen LogP contribution in [0, 0.1) is 0 Å². The molecule has 0 amide bonds. The van der Waals surface area contributed by atoms with E-state index in [1.165, 1.54) is 5.56 Å². The van der Waals surface area contributed by atoms with Gasteiger partial charge in [-0.1, -0.05) is 40.2 Å². The highest BCUT2D eigenvalue weighted by molar-refractivity contribution is 9.10. The van der Waals surface area contributed by atoms with Gasteiger partial charge in [-0.15, -0.1) is 11.3 Å². The van der Waals surface area contributed by atoms with Crippen molar-refractivity contribution in [1.29, 1.82) is 0 Å². The minimum Gasteiger partial charge on any atom is -0.493 e. The van der Waals surface area contributed by atoms with Crippen molar-refractivity contribution in [2.24, 2.45) is 0 Å². The summed E-state index contributed by atoms with van der Waals surface area (Å²) in [6.07, 6.45) is 1.93. The molecule has 6 heteroatoms. The van der Waals surface area contributed by atoms with Gasteiger partial charge < -0.3 is 14.8 Å². The zero-order chi connectivity index (χ0) is 17.6. The lowest BCUT2D eigenvalue weighted by molar-refractivity contribution is 0.350. The molecule has 130 valence electrons. The molecule has 0 aliphatic carbocycles. The number of nitrogens with one attached hydrogen (secondary N) is 1. The molecule has 1 aromatic heterocycles. The lowest BCUT2D eigenvalue weighted by Crippen LogP contribution is -2.13. The van der Waals surface area contributed by atoms with Crippen LogP contribution < -0.4 is 14.8 Å². The van der Waals surface area contributed by atoms with Gasteiger partial charge in [0.25, 0.3) is 0 Å². The molecule has 0 radical (unpaired) electrons. The largest absolute Gasteiger partial charge is 0.493 e. The summed E-state index contributed by atoms with van der Waals surface area (Å²) in [6.45, 7) is 1.39. The summed E-state index contributed by atoms with van der Waals surface area (Å²) >= 11 is 5.21. The molecule has 0 aliphatic rings. The Morgan fingerprint density at radius 2 is 1.92 bits per heavy atom. The predicted molar refractivity (Wildman–Crippen MR) is 105 cm³/mol. The Labute approximate surface area is 160 Å². The second kappa shape index (κ2) is 8.47. The summed E-state index contributed by atoms with van der Waals surface area (Å²) in [6, 6.07) is 14.1. The first-order valence-electron chi connectivity index (χ1n) is 7.82. The van der Waals surface area contributed by atoms with Crippen molar-refractivity contribution < 1.29 is 9.47 Å². The third-order valence-corrected chi connectivity index (χ3v) is 5.28. The van der Waals surface area contributed by atoms with Gasteiger partial charge in [0.05, 0.1) is 19.1 Å². The second-order valence-electron chi connectivity index (χ2n) is 5.38. The first-order valence-corrected chi connectivity index (χ1v) is 9.43. The van der Waals surface area contributed by atoms with Gasteiger partial charge in [-0.05, 0) is 23.8 Å². The molecule has 0 bridgehead atoms. The Kier molecular flexibility index (Phi) is 6.07. The molecule has 0 spiro atoms. The van der Waals surface area contributed by atoms with E-state index in [4.69, 9.17) is 9.47 Å². The zero-order valence-corrected chi connectivity index (χ0v) is 16.5. The zero-order valence-electron chi connectivity index (χ0n) is 14.1. The third kappa shape index (κ3) is 4.39. The number of hydrogen-bond donors (Lipinski definition) is 1. The topological polar surface area (TPSA) is 43.4 Å². The van der Waals surface area contributed by atoms with E-state index in [0.29, 0.717) is 13.1 Å². The molecule has 3 rings (SSSR count). The van der Waals surface area contributed by atoms with Crippen molar-refractivity contribution >= 4 is 27.3 Å². The third-order valence-electron chi connectivity index (χ3n) is 3.74. The lowest BCUT2D eigenvalue weighted by atomic mass is 10.2. The van der Waals surface area contributed by atoms with E-state index in [1.807, 2.05) is 36.5 Å². The molecule has 0 saturated heterocycles. The van der Waals surface area contributed by atoms with Gasteiger partial charge in [0.15, 0.2) is 11.5 Å². The molecule has 3 aromatic rings. The fourth-order valence-electron chi connectivity index (χ4n) is 2.56. The van der Waals surface area contributed by atoms with Crippen LogP contribution in [0.3, 0.4) is 0 Å². The van der Waals surface area contributed by atoms with E-state index >= 15 is 0 Å². The molecular formula is C19H19BrN2O2S. The van der Waals surface area contributed by atoms with Gasteiger partial charge in [-0.3, -0.25) is 0 Å². The van der Waals surface area contributed by atoms with Gasteiger partial charge in [-0.2, -0.15) is 0 Å². The van der Waals surface area contributed by atoms with Crippen LogP contribution in [0.4, 0.5) is 0 Å². The van der Waals surface area contributed by atoms with E-state index in [0.717, 1.165) is 31.4 Å². The summed E-state index contributed by atoms with van der Waals surface area (Å²) in [5.74, 6) is 1.51. The minimum atomic E-state index is 0.687. The number of ether oxygens (including phenoxy) is 2. The van der Waals surface area contributed by atoms with Gasteiger partial charge in [0.2, 0.25) is 0 Å². The van der Waals surface area contributed by atoms with Crippen LogP contribution in [0.15, 0.2) is 53.1 Å². The number of thiazole rings is 1. The highest BCUT2D eigenvalue weighted by Crippen LogP contribution is 2.31. The number of rotatable bonds is 7. The molecular weight excluding hydrogens is 400 g/mol. The Balaban J connectivity index is 1.64. The maximum absolute atomic E-state index is 5.46. The van der Waals surface area contributed by atoms with E-state index in [2.05, 4.69) is 38.4 Å². The number of para-hydroxylation sites is 1. The molecule has 0 aliphatic heterocycles. The standard InChI is InChI=1S/C19H19BrN2O2S/c1-23-16-8-4-6-14(19(16)24-2)10-21-12-18-22-11-17(25-18)13-5-3-7-15(20)9-13/h3-9,11,21H,10,12H2,1-2H3. The van der Waals surface area contributed by atoms with Crippen LogP contribution in [0.5, 0.6) is 11.5 Å². The Hall–Kier alpha value is -1.89. The maximum Gasteiger partial charge on any atom is 0.165 e. The molecule has 1 N–H and O–H groups in total. The van der Waals surface area contributed by atoms with Crippen molar-refractivity contribution in [1.82, 2.24) is 10.3 Å². The monoisotopic (exact) mass is 418 g/mol. The number of halogens is 1. The quantitative estimate of drug-likeness (QED) is 0.593. The molecule has 0 unspecified atom stereocenters. The fourth-order valence-corrected chi connectivity index (χ4v) is 3.85. The van der Waals surface area contributed by atoms with Crippen LogP contribution in [-0.4, -0.2) is 19.2 Å². The normalized spacial score (nSPS) is 10.7. The number of hydrogen-bond acceptors (Lipinski definition) is 5. The van der Waals surface area contributed by atoms with Crippen LogP contribution in [-0.2, 0) is 13.1 Å². The molecule has 1 heterocycles. The van der Waals surface area contributed by atoms with E-state index in [-0.39, 0.29) is 0 Å². The average Bonchev–Trinajstić information content (AvgIpc) is 3.10. The van der Waals surface area contributed by atoms with Crippen molar-refractivity contribution in [3.05, 3.63) is 63.7 Å². The summed E-state index contributed by atoms with van der Waals surface area (Å²) in [5.41, 5.74) is 2.23. The fraction of sp³-hybridized carbons (Fsp3) is 0.211. The number of methoxy groups -OCH3 is 2. The van der Waals surface area contributed by atoms with Gasteiger partial charge >= 0.3 is 0 Å². The number of benzene rings is 2. The van der Waals surface area contributed by atoms with Crippen molar-refractivity contribution in [3.8, 4) is 21.9 Å². The van der Waals surface area contributed by atoms with Crippen molar-refractivity contribution in [2.45, 2.75) is 13.1 Å². The van der Waals surface area contributed by atoms with Gasteiger partial charge in [0, 0.05) is 29.3 Å². The van der Waals surface area contributed by atoms with Crippen molar-refractivity contribution in [3.63, 3.8) is 0 Å². The van der Waals surface area contributed by atoms with Crippen LogP contribution >= 0.6 is 27.3 Å². The second-order valence-corrected chi connectivity index (χ2v) is 7.42. The molecule has 0 fully saturated rings. The predicted octanol–water partition coefficient (Wildman–Crippen LogP) is 4.88. The molecule has 0 atom stereocenters. The molecule has 4 nitrogen and oxygen atoms in total. The highest BCUT2D eigenvalue weighted by atomic mass is 79.9. The van der Waals surface area contributed by atoms with E-state index < -0.39 is 0 Å². The Morgan fingerprint density at radius 1 is 1.08 bits per heavy atom. The first-order chi connectivity index (χ1) is 12.2. The van der Waals surface area contributed by atoms with Crippen LogP contribution in [0.25, 0.3) is 10.4 Å². The minimum absolute atomic E-state index is 0.687. The number of aromatic nitrogens is 1. The smallest absolute Gasteiger partial charge is 0.165 e. The molecule has 2 aromatic carbocycles. The van der Waals surface area contributed by atoms with E-state index in [1.54, 1.807) is 25.6 Å². The highest BCUT2D eigenvalue weighted by Gasteiger charge is 2.10.